The van der Waals surface area contributed by atoms with Gasteiger partial charge in [-0.3, -0.25) is 4.79 Å². The molecular formula is C13H12Cl2N4O2. The molecule has 0 aliphatic heterocycles. The summed E-state index contributed by atoms with van der Waals surface area (Å²) in [6.45, 7) is 1.59. The predicted molar refractivity (Wildman–Crippen MR) is 80.8 cm³/mol. The van der Waals surface area contributed by atoms with E-state index in [1.54, 1.807) is 25.1 Å². The van der Waals surface area contributed by atoms with E-state index in [0.717, 1.165) is 0 Å². The van der Waals surface area contributed by atoms with Crippen LogP contribution in [-0.4, -0.2) is 21.9 Å². The molecule has 0 unspecified atom stereocenters. The highest BCUT2D eigenvalue weighted by atomic mass is 35.5. The van der Waals surface area contributed by atoms with Crippen LogP contribution in [0.1, 0.15) is 6.92 Å². The zero-order valence-electron chi connectivity index (χ0n) is 11.0. The lowest BCUT2D eigenvalue weighted by molar-refractivity contribution is -0.117. The molecule has 6 nitrogen and oxygen atoms in total. The first-order valence-corrected chi connectivity index (χ1v) is 6.72. The van der Waals surface area contributed by atoms with Gasteiger partial charge in [0.1, 0.15) is 5.75 Å². The van der Waals surface area contributed by atoms with Crippen molar-refractivity contribution < 1.29 is 9.53 Å². The minimum atomic E-state index is -0.609. The summed E-state index contributed by atoms with van der Waals surface area (Å²) in [6.07, 6.45) is 2.82. The second kappa shape index (κ2) is 6.71. The van der Waals surface area contributed by atoms with Crippen molar-refractivity contribution >= 4 is 34.8 Å². The Morgan fingerprint density at radius 3 is 2.57 bits per heavy atom. The third-order valence-corrected chi connectivity index (χ3v) is 2.90. The molecule has 21 heavy (non-hydrogen) atoms. The third-order valence-electron chi connectivity index (χ3n) is 2.41. The molecule has 0 aliphatic rings. The van der Waals surface area contributed by atoms with Crippen LogP contribution < -0.4 is 15.8 Å². The summed E-state index contributed by atoms with van der Waals surface area (Å²) in [5.74, 6) is 0.0542. The molecule has 3 N–H and O–H groups in total. The third kappa shape index (κ3) is 4.29. The maximum absolute atomic E-state index is 11.5. The van der Waals surface area contributed by atoms with Crippen molar-refractivity contribution in [2.24, 2.45) is 5.73 Å². The van der Waals surface area contributed by atoms with Gasteiger partial charge in [0.05, 0.1) is 28.5 Å². The van der Waals surface area contributed by atoms with Gasteiger partial charge in [-0.25, -0.2) is 9.97 Å². The first-order valence-electron chi connectivity index (χ1n) is 5.97. The van der Waals surface area contributed by atoms with Gasteiger partial charge in [0, 0.05) is 5.69 Å². The number of anilines is 1. The average molecular weight is 327 g/mol. The van der Waals surface area contributed by atoms with Crippen LogP contribution in [0, 0.1) is 0 Å². The van der Waals surface area contributed by atoms with Gasteiger partial charge in [0.15, 0.2) is 0 Å². The summed E-state index contributed by atoms with van der Waals surface area (Å²) in [4.78, 5) is 19.3. The lowest BCUT2D eigenvalue weighted by Crippen LogP contribution is -2.32. The maximum Gasteiger partial charge on any atom is 0.322 e. The number of carbonyl (C=O) groups is 1. The zero-order chi connectivity index (χ0) is 15.4. The molecule has 0 bridgehead atoms. The Morgan fingerprint density at radius 2 is 2.00 bits per heavy atom. The van der Waals surface area contributed by atoms with Crippen LogP contribution in [0.3, 0.4) is 0 Å². The highest BCUT2D eigenvalue weighted by Gasteiger charge is 2.10. The molecule has 0 saturated heterocycles. The van der Waals surface area contributed by atoms with Crippen LogP contribution in [0.4, 0.5) is 5.69 Å². The highest BCUT2D eigenvalue weighted by Crippen LogP contribution is 2.30. The Labute approximate surface area is 131 Å². The Hall–Kier alpha value is -1.89. The number of nitrogens with two attached hydrogens (primary N) is 1. The molecule has 110 valence electrons. The number of nitrogens with zero attached hydrogens (tertiary/aromatic N) is 2. The molecule has 1 aromatic heterocycles. The number of amides is 1. The van der Waals surface area contributed by atoms with E-state index < -0.39 is 6.04 Å². The SMILES string of the molecule is C[C@H](N)C(=O)Nc1ccc(Oc2ncc(Cl)cn2)c(Cl)c1. The van der Waals surface area contributed by atoms with Crippen molar-refractivity contribution in [3.8, 4) is 11.8 Å². The molecule has 8 heteroatoms. The molecule has 0 fully saturated rings. The lowest BCUT2D eigenvalue weighted by atomic mass is 10.2. The topological polar surface area (TPSA) is 90.1 Å². The number of hydrogen-bond acceptors (Lipinski definition) is 5. The van der Waals surface area contributed by atoms with Crippen LogP contribution in [0.5, 0.6) is 11.8 Å². The highest BCUT2D eigenvalue weighted by molar-refractivity contribution is 6.32. The number of halogens is 2. The first kappa shape index (κ1) is 15.5. The summed E-state index contributed by atoms with van der Waals surface area (Å²) < 4.78 is 5.42. The maximum atomic E-state index is 11.5. The Balaban J connectivity index is 2.12. The number of benzene rings is 1. The summed E-state index contributed by atoms with van der Waals surface area (Å²) in [7, 11) is 0. The van der Waals surface area contributed by atoms with Gasteiger partial charge in [-0.05, 0) is 25.1 Å². The average Bonchev–Trinajstić information content (AvgIpc) is 2.44. The number of ether oxygens (including phenoxy) is 1. The minimum Gasteiger partial charge on any atom is -0.423 e. The molecule has 0 aliphatic carbocycles. The second-order valence-electron chi connectivity index (χ2n) is 4.21. The summed E-state index contributed by atoms with van der Waals surface area (Å²) in [5.41, 5.74) is 5.99. The number of carbonyl (C=O) groups excluding carboxylic acids is 1. The van der Waals surface area contributed by atoms with Gasteiger partial charge in [0.2, 0.25) is 5.91 Å². The van der Waals surface area contributed by atoms with Crippen molar-refractivity contribution in [2.75, 3.05) is 5.32 Å². The Kier molecular flexibility index (Phi) is 4.95. The van der Waals surface area contributed by atoms with Crippen LogP contribution in [-0.2, 0) is 4.79 Å². The van der Waals surface area contributed by atoms with E-state index >= 15 is 0 Å². The number of rotatable bonds is 4. The van der Waals surface area contributed by atoms with Crippen molar-refractivity contribution in [3.05, 3.63) is 40.6 Å². The van der Waals surface area contributed by atoms with Gasteiger partial charge < -0.3 is 15.8 Å². The Bertz CT molecular complexity index is 647. The first-order chi connectivity index (χ1) is 9.95. The minimum absolute atomic E-state index is 0.119. The summed E-state index contributed by atoms with van der Waals surface area (Å²) >= 11 is 11.8. The van der Waals surface area contributed by atoms with Gasteiger partial charge in [-0.15, -0.1) is 0 Å². The van der Waals surface area contributed by atoms with Gasteiger partial charge >= 0.3 is 6.01 Å². The fourth-order valence-corrected chi connectivity index (χ4v) is 1.69. The van der Waals surface area contributed by atoms with Gasteiger partial charge in [0.25, 0.3) is 0 Å². The number of aromatic nitrogens is 2. The van der Waals surface area contributed by atoms with Gasteiger partial charge in [-0.2, -0.15) is 0 Å². The molecule has 1 atom stereocenters. The molecule has 0 radical (unpaired) electrons. The fraction of sp³-hybridized carbons (Fsp3) is 0.154. The largest absolute Gasteiger partial charge is 0.423 e. The smallest absolute Gasteiger partial charge is 0.322 e. The molecule has 2 rings (SSSR count). The van der Waals surface area contributed by atoms with Crippen molar-refractivity contribution in [2.45, 2.75) is 13.0 Å². The van der Waals surface area contributed by atoms with E-state index in [2.05, 4.69) is 15.3 Å². The normalized spacial score (nSPS) is 11.8. The standard InChI is InChI=1S/C13H12Cl2N4O2/c1-7(16)12(20)19-9-2-3-11(10(15)4-9)21-13-17-5-8(14)6-18-13/h2-7H,16H2,1H3,(H,19,20)/t7-/m0/s1. The summed E-state index contributed by atoms with van der Waals surface area (Å²) in [5, 5.41) is 3.33. The number of hydrogen-bond donors (Lipinski definition) is 2. The van der Waals surface area contributed by atoms with Crippen molar-refractivity contribution in [3.63, 3.8) is 0 Å². The molecule has 1 heterocycles. The van der Waals surface area contributed by atoms with E-state index in [1.165, 1.54) is 12.4 Å². The zero-order valence-corrected chi connectivity index (χ0v) is 12.5. The van der Waals surface area contributed by atoms with E-state index in [4.69, 9.17) is 33.7 Å². The fourth-order valence-electron chi connectivity index (χ4n) is 1.37. The predicted octanol–water partition coefficient (Wildman–Crippen LogP) is 2.86. The molecule has 0 saturated carbocycles. The Morgan fingerprint density at radius 1 is 1.33 bits per heavy atom. The van der Waals surface area contributed by atoms with Crippen LogP contribution in [0.15, 0.2) is 30.6 Å². The van der Waals surface area contributed by atoms with Crippen LogP contribution in [0.2, 0.25) is 10.0 Å². The van der Waals surface area contributed by atoms with E-state index in [1.807, 2.05) is 0 Å². The molecule has 2 aromatic rings. The van der Waals surface area contributed by atoms with Crippen LogP contribution in [0.25, 0.3) is 0 Å². The lowest BCUT2D eigenvalue weighted by Gasteiger charge is -2.10. The van der Waals surface area contributed by atoms with E-state index in [-0.39, 0.29) is 11.9 Å². The van der Waals surface area contributed by atoms with E-state index in [9.17, 15) is 4.79 Å². The van der Waals surface area contributed by atoms with Gasteiger partial charge in [-0.1, -0.05) is 23.2 Å². The molecule has 0 spiro atoms. The quantitative estimate of drug-likeness (QED) is 0.901. The second-order valence-corrected chi connectivity index (χ2v) is 5.05. The van der Waals surface area contributed by atoms with Crippen molar-refractivity contribution in [1.29, 1.82) is 0 Å². The molecular weight excluding hydrogens is 315 g/mol. The monoisotopic (exact) mass is 326 g/mol. The van der Waals surface area contributed by atoms with E-state index in [0.29, 0.717) is 21.5 Å². The van der Waals surface area contributed by atoms with Crippen molar-refractivity contribution in [1.82, 2.24) is 9.97 Å². The van der Waals surface area contributed by atoms with Crippen LogP contribution >= 0.6 is 23.2 Å². The number of nitrogens with one attached hydrogen (secondary N) is 1. The molecule has 1 aromatic carbocycles. The summed E-state index contributed by atoms with van der Waals surface area (Å²) in [6, 6.07) is 4.29. The molecule has 1 amide bonds.